The molecule has 1 aliphatic carbocycles. The predicted molar refractivity (Wildman–Crippen MR) is 107 cm³/mol. The number of ketones is 1. The molecule has 0 saturated heterocycles. The summed E-state index contributed by atoms with van der Waals surface area (Å²) in [5.41, 5.74) is 2.26. The van der Waals surface area contributed by atoms with E-state index in [1.807, 2.05) is 25.6 Å². The molecule has 142 valence electrons. The summed E-state index contributed by atoms with van der Waals surface area (Å²) in [5, 5.41) is 15.1. The van der Waals surface area contributed by atoms with Crippen LogP contribution in [0.1, 0.15) is 53.4 Å². The summed E-state index contributed by atoms with van der Waals surface area (Å²) < 4.78 is 0. The van der Waals surface area contributed by atoms with Crippen LogP contribution < -0.4 is 0 Å². The van der Waals surface area contributed by atoms with Gasteiger partial charge in [-0.2, -0.15) is 11.8 Å². The second-order valence-corrected chi connectivity index (χ2v) is 8.78. The number of nitrogens with zero attached hydrogens (tertiary/aromatic N) is 1. The largest absolute Gasteiger partial charge is 0.511 e. The molecule has 0 aromatic carbocycles. The van der Waals surface area contributed by atoms with E-state index in [1.54, 1.807) is 6.08 Å². The Kier molecular flexibility index (Phi) is 10.3. The molecule has 0 bridgehead atoms. The number of Topliss-reactive ketones (excluding diaryl/α,β-unsaturated/α-hetero) is 1. The Morgan fingerprint density at radius 3 is 2.72 bits per heavy atom. The van der Waals surface area contributed by atoms with Gasteiger partial charge in [0.25, 0.3) is 0 Å². The van der Waals surface area contributed by atoms with Gasteiger partial charge in [0.1, 0.15) is 12.4 Å². The average molecular weight is 388 g/mol. The Labute approximate surface area is 160 Å². The van der Waals surface area contributed by atoms with Crippen LogP contribution in [-0.4, -0.2) is 34.2 Å². The summed E-state index contributed by atoms with van der Waals surface area (Å²) in [6.07, 6.45) is 4.15. The van der Waals surface area contributed by atoms with E-state index in [-0.39, 0.29) is 24.1 Å². The van der Waals surface area contributed by atoms with Gasteiger partial charge in [-0.3, -0.25) is 4.79 Å². The van der Waals surface area contributed by atoms with Gasteiger partial charge < -0.3 is 9.94 Å². The fraction of sp³-hybridized carbons (Fsp3) is 0.684. The van der Waals surface area contributed by atoms with E-state index in [1.165, 1.54) is 5.54 Å². The van der Waals surface area contributed by atoms with E-state index in [0.29, 0.717) is 41.7 Å². The zero-order valence-corrected chi connectivity index (χ0v) is 17.2. The minimum absolute atomic E-state index is 0.0293. The fourth-order valence-electron chi connectivity index (χ4n) is 3.06. The number of oxime groups is 1. The van der Waals surface area contributed by atoms with Gasteiger partial charge in [0.05, 0.1) is 11.3 Å². The van der Waals surface area contributed by atoms with E-state index >= 15 is 0 Å². The monoisotopic (exact) mass is 387 g/mol. The Morgan fingerprint density at radius 2 is 2.16 bits per heavy atom. The topological polar surface area (TPSA) is 58.9 Å². The maximum Gasteiger partial charge on any atom is 0.168 e. The molecular weight excluding hydrogens is 358 g/mol. The highest BCUT2D eigenvalue weighted by molar-refractivity contribution is 7.99. The van der Waals surface area contributed by atoms with Crippen molar-refractivity contribution in [1.82, 2.24) is 0 Å². The van der Waals surface area contributed by atoms with Crippen molar-refractivity contribution in [2.75, 3.05) is 12.4 Å². The van der Waals surface area contributed by atoms with Crippen LogP contribution in [0.5, 0.6) is 0 Å². The highest BCUT2D eigenvalue weighted by Gasteiger charge is 2.31. The summed E-state index contributed by atoms with van der Waals surface area (Å²) in [4.78, 5) is 17.9. The molecule has 2 atom stereocenters. The molecule has 0 aliphatic heterocycles. The first-order valence-corrected chi connectivity index (χ1v) is 10.4. The van der Waals surface area contributed by atoms with Crippen molar-refractivity contribution >= 4 is 34.9 Å². The summed E-state index contributed by atoms with van der Waals surface area (Å²) in [6, 6.07) is 0. The number of aliphatic hydroxyl groups is 1. The molecule has 0 heterocycles. The van der Waals surface area contributed by atoms with Crippen molar-refractivity contribution in [3.05, 3.63) is 22.9 Å². The van der Waals surface area contributed by atoms with Gasteiger partial charge in [0.15, 0.2) is 5.78 Å². The number of halogens is 1. The van der Waals surface area contributed by atoms with Crippen molar-refractivity contribution in [3.63, 3.8) is 0 Å². The minimum atomic E-state index is -0.0293. The van der Waals surface area contributed by atoms with Crippen LogP contribution in [0, 0.1) is 11.8 Å². The Bertz CT molecular complexity index is 529. The van der Waals surface area contributed by atoms with E-state index in [2.05, 4.69) is 19.0 Å². The number of thioether (sulfide) groups is 1. The number of hydrogen-bond acceptors (Lipinski definition) is 5. The van der Waals surface area contributed by atoms with Crippen LogP contribution in [-0.2, 0) is 9.63 Å². The lowest BCUT2D eigenvalue weighted by Gasteiger charge is -2.26. The molecule has 1 rings (SSSR count). The first-order chi connectivity index (χ1) is 11.9. The molecular formula is C19H30ClNO3S. The first kappa shape index (κ1) is 22.1. The fourth-order valence-corrected chi connectivity index (χ4v) is 4.11. The van der Waals surface area contributed by atoms with Gasteiger partial charge in [-0.05, 0) is 36.5 Å². The molecule has 1 N–H and O–H groups in total. The lowest BCUT2D eigenvalue weighted by Crippen LogP contribution is -2.26. The van der Waals surface area contributed by atoms with Crippen LogP contribution in [0.3, 0.4) is 0 Å². The van der Waals surface area contributed by atoms with E-state index < -0.39 is 0 Å². The highest BCUT2D eigenvalue weighted by Crippen LogP contribution is 2.33. The van der Waals surface area contributed by atoms with Crippen molar-refractivity contribution in [3.8, 4) is 0 Å². The number of hydrogen-bond donors (Lipinski definition) is 1. The van der Waals surface area contributed by atoms with Crippen LogP contribution in [0.25, 0.3) is 0 Å². The molecule has 2 unspecified atom stereocenters. The van der Waals surface area contributed by atoms with E-state index in [4.69, 9.17) is 16.4 Å². The quantitative estimate of drug-likeness (QED) is 0.306. The summed E-state index contributed by atoms with van der Waals surface area (Å²) in [5.74, 6) is 1.70. The molecule has 25 heavy (non-hydrogen) atoms. The predicted octanol–water partition coefficient (Wildman–Crippen LogP) is 5.48. The molecule has 0 saturated carbocycles. The molecule has 0 radical (unpaired) electrons. The average Bonchev–Trinajstić information content (AvgIpc) is 2.50. The Morgan fingerprint density at radius 1 is 1.44 bits per heavy atom. The van der Waals surface area contributed by atoms with Crippen LogP contribution >= 0.6 is 23.4 Å². The maximum absolute atomic E-state index is 12.7. The van der Waals surface area contributed by atoms with Gasteiger partial charge in [0.2, 0.25) is 0 Å². The van der Waals surface area contributed by atoms with Gasteiger partial charge in [-0.15, -0.1) is 0 Å². The van der Waals surface area contributed by atoms with Gasteiger partial charge in [-0.25, -0.2) is 0 Å². The van der Waals surface area contributed by atoms with Crippen molar-refractivity contribution in [1.29, 1.82) is 0 Å². The van der Waals surface area contributed by atoms with Crippen LogP contribution in [0.15, 0.2) is 28.1 Å². The smallest absolute Gasteiger partial charge is 0.168 e. The Balaban J connectivity index is 2.91. The standard InChI is InChI=1S/C19H30ClNO3S/c1-5-25-14(4)10-15-11-17(22)19(18(23)12-15)16(9-13(2)3)21-24-8-6-7-20/h6-7,13-15,22H,5,8-12H2,1-4H3/b7-6+,21-16?. The van der Waals surface area contributed by atoms with Crippen molar-refractivity contribution in [2.24, 2.45) is 17.0 Å². The zero-order valence-electron chi connectivity index (χ0n) is 15.6. The number of aliphatic hydroxyl groups excluding tert-OH is 1. The highest BCUT2D eigenvalue weighted by atomic mass is 35.5. The van der Waals surface area contributed by atoms with Crippen molar-refractivity contribution < 1.29 is 14.7 Å². The molecule has 0 amide bonds. The maximum atomic E-state index is 12.7. The molecule has 0 fully saturated rings. The molecule has 0 aromatic rings. The normalized spacial score (nSPS) is 20.6. The summed E-state index contributed by atoms with van der Waals surface area (Å²) in [7, 11) is 0. The molecule has 1 aliphatic rings. The summed E-state index contributed by atoms with van der Waals surface area (Å²) in [6.45, 7) is 8.65. The first-order valence-electron chi connectivity index (χ1n) is 8.90. The van der Waals surface area contributed by atoms with Crippen molar-refractivity contribution in [2.45, 2.75) is 58.6 Å². The number of allylic oxidation sites excluding steroid dienone is 2. The molecule has 0 aromatic heterocycles. The van der Waals surface area contributed by atoms with E-state index in [0.717, 1.165) is 12.2 Å². The lowest BCUT2D eigenvalue weighted by atomic mass is 9.81. The molecule has 4 nitrogen and oxygen atoms in total. The minimum Gasteiger partial charge on any atom is -0.511 e. The van der Waals surface area contributed by atoms with Crippen LogP contribution in [0.2, 0.25) is 0 Å². The van der Waals surface area contributed by atoms with Crippen LogP contribution in [0.4, 0.5) is 0 Å². The van der Waals surface area contributed by atoms with Gasteiger partial charge in [0, 0.05) is 23.6 Å². The third-order valence-electron chi connectivity index (χ3n) is 3.96. The third kappa shape index (κ3) is 7.87. The SMILES string of the molecule is CCSC(C)CC1CC(=O)C(C(CC(C)C)=NOC/C=C/Cl)=C(O)C1. The number of carbonyl (C=O) groups is 1. The number of rotatable bonds is 10. The second-order valence-electron chi connectivity index (χ2n) is 6.81. The van der Waals surface area contributed by atoms with Gasteiger partial charge >= 0.3 is 0 Å². The number of carbonyl (C=O) groups excluding carboxylic acids is 1. The molecule has 0 spiro atoms. The summed E-state index contributed by atoms with van der Waals surface area (Å²) >= 11 is 7.35. The second kappa shape index (κ2) is 11.6. The third-order valence-corrected chi connectivity index (χ3v) is 5.24. The van der Waals surface area contributed by atoms with Gasteiger partial charge in [-0.1, -0.05) is 44.5 Å². The lowest BCUT2D eigenvalue weighted by molar-refractivity contribution is -0.116. The van der Waals surface area contributed by atoms with E-state index in [9.17, 15) is 9.90 Å². The Hall–Kier alpha value is -0.940. The molecule has 6 heteroatoms. The zero-order chi connectivity index (χ0) is 18.8.